The molecular weight excluding hydrogens is 390 g/mol. The van der Waals surface area contributed by atoms with Crippen LogP contribution in [-0.4, -0.2) is 56.9 Å². The van der Waals surface area contributed by atoms with Gasteiger partial charge in [-0.05, 0) is 56.4 Å². The summed E-state index contributed by atoms with van der Waals surface area (Å²) in [5, 5.41) is 0. The Bertz CT molecular complexity index is 765. The number of carbonyl (C=O) groups excluding carboxylic acids is 1. The van der Waals surface area contributed by atoms with Crippen LogP contribution in [0.4, 0.5) is 4.79 Å². The third kappa shape index (κ3) is 6.69. The molecule has 0 spiro atoms. The van der Waals surface area contributed by atoms with Crippen LogP contribution in [0.5, 0.6) is 0 Å². The maximum absolute atomic E-state index is 11.8. The second-order valence-electron chi connectivity index (χ2n) is 8.40. The Hall–Kier alpha value is -1.64. The van der Waals surface area contributed by atoms with Crippen molar-refractivity contribution in [2.75, 3.05) is 19.4 Å². The molecule has 2 fully saturated rings. The molecule has 162 valence electrons. The Labute approximate surface area is 174 Å². The Balaban J connectivity index is 1.40. The fraction of sp³-hybridized carbons (Fsp3) is 0.667. The summed E-state index contributed by atoms with van der Waals surface area (Å²) in [6.45, 7) is 1.20. The van der Waals surface area contributed by atoms with Crippen molar-refractivity contribution in [1.29, 1.82) is 0 Å². The first-order valence-corrected chi connectivity index (χ1v) is 12.4. The van der Waals surface area contributed by atoms with Gasteiger partial charge in [-0.2, -0.15) is 0 Å². The first-order chi connectivity index (χ1) is 13.8. The van der Waals surface area contributed by atoms with Gasteiger partial charge < -0.3 is 15.4 Å². The van der Waals surface area contributed by atoms with E-state index in [0.29, 0.717) is 38.0 Å². The Morgan fingerprint density at radius 2 is 2.00 bits per heavy atom. The lowest BCUT2D eigenvalue weighted by atomic mass is 9.78. The van der Waals surface area contributed by atoms with Crippen LogP contribution in [0.3, 0.4) is 0 Å². The summed E-state index contributed by atoms with van der Waals surface area (Å²) in [7, 11) is -3.34. The van der Waals surface area contributed by atoms with E-state index in [1.165, 1.54) is 5.56 Å². The topological polar surface area (TPSA) is 102 Å². The van der Waals surface area contributed by atoms with Crippen LogP contribution in [0, 0.1) is 5.92 Å². The van der Waals surface area contributed by atoms with E-state index in [-0.39, 0.29) is 12.1 Å². The summed E-state index contributed by atoms with van der Waals surface area (Å²) >= 11 is 0. The van der Waals surface area contributed by atoms with Gasteiger partial charge >= 0.3 is 6.03 Å². The van der Waals surface area contributed by atoms with Gasteiger partial charge in [-0.3, -0.25) is 0 Å². The van der Waals surface area contributed by atoms with Gasteiger partial charge in [0.15, 0.2) is 0 Å². The van der Waals surface area contributed by atoms with Crippen LogP contribution in [0.25, 0.3) is 0 Å². The summed E-state index contributed by atoms with van der Waals surface area (Å²) < 4.78 is 32.0. The number of primary amides is 1. The van der Waals surface area contributed by atoms with E-state index >= 15 is 0 Å². The van der Waals surface area contributed by atoms with E-state index in [9.17, 15) is 13.2 Å². The molecule has 2 atom stereocenters. The van der Waals surface area contributed by atoms with Crippen LogP contribution in [-0.2, 0) is 21.2 Å². The van der Waals surface area contributed by atoms with Gasteiger partial charge in [-0.1, -0.05) is 30.3 Å². The zero-order chi connectivity index (χ0) is 20.9. The number of carbonyl (C=O) groups is 1. The van der Waals surface area contributed by atoms with Crippen LogP contribution < -0.4 is 10.5 Å². The van der Waals surface area contributed by atoms with Crippen molar-refractivity contribution in [3.63, 3.8) is 0 Å². The number of ether oxygens (including phenoxy) is 1. The number of nitrogens with two attached hydrogens (primary N) is 1. The molecule has 1 saturated carbocycles. The van der Waals surface area contributed by atoms with Crippen molar-refractivity contribution in [3.8, 4) is 0 Å². The predicted molar refractivity (Wildman–Crippen MR) is 113 cm³/mol. The van der Waals surface area contributed by atoms with Crippen LogP contribution in [0.2, 0.25) is 0 Å². The highest BCUT2D eigenvalue weighted by atomic mass is 32.2. The lowest BCUT2D eigenvalue weighted by Crippen LogP contribution is -2.58. The van der Waals surface area contributed by atoms with E-state index in [0.717, 1.165) is 38.4 Å². The highest BCUT2D eigenvalue weighted by molar-refractivity contribution is 7.88. The molecule has 1 heterocycles. The maximum atomic E-state index is 11.8. The van der Waals surface area contributed by atoms with Crippen molar-refractivity contribution in [2.24, 2.45) is 11.7 Å². The first-order valence-electron chi connectivity index (χ1n) is 10.5. The normalized spacial score (nSPS) is 27.4. The molecule has 0 unspecified atom stereocenters. The third-order valence-electron chi connectivity index (χ3n) is 5.98. The maximum Gasteiger partial charge on any atom is 0.315 e. The van der Waals surface area contributed by atoms with Crippen molar-refractivity contribution in [2.45, 2.75) is 63.1 Å². The zero-order valence-corrected chi connectivity index (χ0v) is 17.9. The lowest BCUT2D eigenvalue weighted by Gasteiger charge is -2.40. The molecule has 1 aromatic carbocycles. The van der Waals surface area contributed by atoms with Gasteiger partial charge in [0.25, 0.3) is 0 Å². The fourth-order valence-electron chi connectivity index (χ4n) is 4.57. The quantitative estimate of drug-likeness (QED) is 0.595. The number of urea groups is 1. The standard InChI is InChI=1S/C21H33N3O4S/c1-29(26,27)23-19-9-5-11-24(21(22)25)20(19)10-6-12-28-18-14-17(15-18)13-16-7-3-2-4-8-16/h2-4,7-8,17-20,23H,5-6,9-15H2,1H3,(H2,22,25)/t17?,18?,19-,20-/m0/s1. The molecule has 1 aliphatic carbocycles. The van der Waals surface area contributed by atoms with Crippen molar-refractivity contribution in [1.82, 2.24) is 9.62 Å². The van der Waals surface area contributed by atoms with Crippen molar-refractivity contribution in [3.05, 3.63) is 35.9 Å². The van der Waals surface area contributed by atoms with Crippen LogP contribution >= 0.6 is 0 Å². The molecule has 29 heavy (non-hydrogen) atoms. The van der Waals surface area contributed by atoms with E-state index < -0.39 is 16.1 Å². The Morgan fingerprint density at radius 3 is 2.66 bits per heavy atom. The molecule has 1 aliphatic heterocycles. The SMILES string of the molecule is CS(=O)(=O)N[C@H]1CCCN(C(N)=O)[C@H]1CCCOC1CC(Cc2ccccc2)C1. The largest absolute Gasteiger partial charge is 0.378 e. The number of likely N-dealkylation sites (tertiary alicyclic amines) is 1. The van der Waals surface area contributed by atoms with Gasteiger partial charge in [0.05, 0.1) is 12.4 Å². The van der Waals surface area contributed by atoms with Crippen molar-refractivity contribution >= 4 is 16.1 Å². The fourth-order valence-corrected chi connectivity index (χ4v) is 5.39. The molecule has 3 N–H and O–H groups in total. The molecule has 2 aliphatic rings. The van der Waals surface area contributed by atoms with Crippen LogP contribution in [0.1, 0.15) is 44.1 Å². The number of rotatable bonds is 9. The molecule has 7 nitrogen and oxygen atoms in total. The molecule has 2 amide bonds. The zero-order valence-electron chi connectivity index (χ0n) is 17.1. The van der Waals surface area contributed by atoms with Gasteiger partial charge in [0, 0.05) is 25.2 Å². The lowest BCUT2D eigenvalue weighted by molar-refractivity contribution is -0.0332. The number of sulfonamides is 1. The average Bonchev–Trinajstić information content (AvgIpc) is 2.63. The van der Waals surface area contributed by atoms with Gasteiger partial charge in [0.1, 0.15) is 0 Å². The van der Waals surface area contributed by atoms with E-state index in [1.807, 2.05) is 6.07 Å². The Morgan fingerprint density at radius 1 is 1.28 bits per heavy atom. The summed E-state index contributed by atoms with van der Waals surface area (Å²) in [6.07, 6.45) is 7.65. The highest BCUT2D eigenvalue weighted by Crippen LogP contribution is 2.33. The number of nitrogens with zero attached hydrogens (tertiary/aromatic N) is 1. The number of piperidine rings is 1. The third-order valence-corrected chi connectivity index (χ3v) is 6.72. The minimum Gasteiger partial charge on any atom is -0.378 e. The molecule has 8 heteroatoms. The summed E-state index contributed by atoms with van der Waals surface area (Å²) in [5.41, 5.74) is 6.90. The minimum absolute atomic E-state index is 0.216. The van der Waals surface area contributed by atoms with Crippen LogP contribution in [0.15, 0.2) is 30.3 Å². The molecule has 0 aromatic heterocycles. The number of hydrogen-bond acceptors (Lipinski definition) is 4. The number of benzene rings is 1. The van der Waals surface area contributed by atoms with E-state index in [1.54, 1.807) is 4.90 Å². The molecule has 1 aromatic rings. The number of amides is 2. The van der Waals surface area contributed by atoms with Gasteiger partial charge in [0.2, 0.25) is 10.0 Å². The van der Waals surface area contributed by atoms with Gasteiger partial charge in [-0.15, -0.1) is 0 Å². The predicted octanol–water partition coefficient (Wildman–Crippen LogP) is 2.27. The minimum atomic E-state index is -3.34. The summed E-state index contributed by atoms with van der Waals surface area (Å²) in [6, 6.07) is 9.55. The van der Waals surface area contributed by atoms with Crippen molar-refractivity contribution < 1.29 is 17.9 Å². The molecular formula is C21H33N3O4S. The monoisotopic (exact) mass is 423 g/mol. The summed E-state index contributed by atoms with van der Waals surface area (Å²) in [4.78, 5) is 13.4. The smallest absolute Gasteiger partial charge is 0.315 e. The number of nitrogens with one attached hydrogen (secondary N) is 1. The number of hydrogen-bond donors (Lipinski definition) is 2. The first kappa shape index (κ1) is 22.1. The summed E-state index contributed by atoms with van der Waals surface area (Å²) in [5.74, 6) is 0.689. The Kier molecular flexibility index (Phi) is 7.54. The average molecular weight is 424 g/mol. The van der Waals surface area contributed by atoms with E-state index in [4.69, 9.17) is 10.5 Å². The van der Waals surface area contributed by atoms with E-state index in [2.05, 4.69) is 29.0 Å². The van der Waals surface area contributed by atoms with Gasteiger partial charge in [-0.25, -0.2) is 17.9 Å². The highest BCUT2D eigenvalue weighted by Gasteiger charge is 2.35. The molecule has 3 rings (SSSR count). The second-order valence-corrected chi connectivity index (χ2v) is 10.2. The second kappa shape index (κ2) is 9.91. The molecule has 0 radical (unpaired) electrons. The molecule has 1 saturated heterocycles. The molecule has 0 bridgehead atoms.